The second kappa shape index (κ2) is 8.89. The van der Waals surface area contributed by atoms with Crippen molar-refractivity contribution in [1.82, 2.24) is 4.57 Å². The highest BCUT2D eigenvalue weighted by molar-refractivity contribution is 6.21. The lowest BCUT2D eigenvalue weighted by Gasteiger charge is -2.21. The molecule has 0 amide bonds. The molecule has 0 aliphatic rings. The summed E-state index contributed by atoms with van der Waals surface area (Å²) < 4.78 is 2.46. The van der Waals surface area contributed by atoms with E-state index in [0.717, 1.165) is 6.42 Å². The largest absolute Gasteiger partial charge is 0.309 e. The Morgan fingerprint density at radius 3 is 2.08 bits per heavy atom. The maximum absolute atomic E-state index is 2.46. The number of aromatic nitrogens is 1. The van der Waals surface area contributed by atoms with Gasteiger partial charge in [-0.2, -0.15) is 0 Å². The van der Waals surface area contributed by atoms with E-state index in [0.29, 0.717) is 5.92 Å². The third-order valence-electron chi connectivity index (χ3n) is 8.41. The van der Waals surface area contributed by atoms with Crippen LogP contribution in [-0.4, -0.2) is 4.57 Å². The van der Waals surface area contributed by atoms with Gasteiger partial charge in [-0.05, 0) is 87.3 Å². The van der Waals surface area contributed by atoms with Crippen molar-refractivity contribution >= 4 is 43.4 Å². The number of hydrogen-bond donors (Lipinski definition) is 0. The second-order valence-electron chi connectivity index (χ2n) is 10.6. The Hall–Kier alpha value is -4.36. The lowest BCUT2D eigenvalue weighted by Crippen LogP contribution is -2.01. The summed E-state index contributed by atoms with van der Waals surface area (Å²) >= 11 is 0. The van der Waals surface area contributed by atoms with E-state index in [2.05, 4.69) is 141 Å². The summed E-state index contributed by atoms with van der Waals surface area (Å²) in [5.41, 5.74) is 9.18. The minimum Gasteiger partial charge on any atom is -0.309 e. The second-order valence-corrected chi connectivity index (χ2v) is 10.6. The van der Waals surface area contributed by atoms with Gasteiger partial charge >= 0.3 is 0 Å². The van der Waals surface area contributed by atoms with Gasteiger partial charge in [0.1, 0.15) is 0 Å². The molecule has 7 aromatic rings. The average Bonchev–Trinajstić information content (AvgIpc) is 3.31. The lowest BCUT2D eigenvalue weighted by atomic mass is 9.85. The lowest BCUT2D eigenvalue weighted by molar-refractivity contribution is 0.734. The standard InChI is InChI=1S/C37H31N/c1-4-24(2)33-23-28(20-21-31(33)36-25(3)17-18-26-11-5-7-13-29(26)36)38-34-16-10-9-15-32(34)37-30-14-8-6-12-27(30)19-22-35(37)38/h5-24H,4H2,1-3H3. The van der Waals surface area contributed by atoms with Crippen LogP contribution in [0.4, 0.5) is 0 Å². The molecular formula is C37H31N. The molecule has 0 radical (unpaired) electrons. The van der Waals surface area contributed by atoms with Crippen LogP contribution >= 0.6 is 0 Å². The molecule has 1 heterocycles. The van der Waals surface area contributed by atoms with E-state index < -0.39 is 0 Å². The van der Waals surface area contributed by atoms with Crippen molar-refractivity contribution in [2.75, 3.05) is 0 Å². The van der Waals surface area contributed by atoms with Gasteiger partial charge < -0.3 is 4.57 Å². The van der Waals surface area contributed by atoms with Crippen molar-refractivity contribution in [1.29, 1.82) is 0 Å². The summed E-state index contributed by atoms with van der Waals surface area (Å²) in [5, 5.41) is 7.85. The maximum Gasteiger partial charge on any atom is 0.0547 e. The van der Waals surface area contributed by atoms with Crippen LogP contribution in [0.5, 0.6) is 0 Å². The van der Waals surface area contributed by atoms with Crippen molar-refractivity contribution in [2.45, 2.75) is 33.1 Å². The van der Waals surface area contributed by atoms with Crippen LogP contribution in [0.2, 0.25) is 0 Å². The molecule has 0 bridgehead atoms. The number of rotatable bonds is 4. The van der Waals surface area contributed by atoms with Crippen molar-refractivity contribution < 1.29 is 0 Å². The molecule has 0 saturated carbocycles. The minimum atomic E-state index is 0.442. The van der Waals surface area contributed by atoms with Crippen LogP contribution in [0.3, 0.4) is 0 Å². The molecule has 1 unspecified atom stereocenters. The summed E-state index contributed by atoms with van der Waals surface area (Å²) in [7, 11) is 0. The van der Waals surface area contributed by atoms with E-state index in [-0.39, 0.29) is 0 Å². The van der Waals surface area contributed by atoms with E-state index in [9.17, 15) is 0 Å². The van der Waals surface area contributed by atoms with E-state index in [4.69, 9.17) is 0 Å². The van der Waals surface area contributed by atoms with Gasteiger partial charge in [0, 0.05) is 16.5 Å². The zero-order valence-corrected chi connectivity index (χ0v) is 22.2. The predicted octanol–water partition coefficient (Wildman–Crippen LogP) is 10.6. The Labute approximate surface area is 224 Å². The number of benzene rings is 6. The summed E-state index contributed by atoms with van der Waals surface area (Å²) in [6, 6.07) is 42.6. The number of aryl methyl sites for hydroxylation is 1. The molecule has 184 valence electrons. The average molecular weight is 490 g/mol. The van der Waals surface area contributed by atoms with Gasteiger partial charge in [0.05, 0.1) is 11.0 Å². The van der Waals surface area contributed by atoms with E-state index in [1.165, 1.54) is 71.3 Å². The third-order valence-corrected chi connectivity index (χ3v) is 8.41. The summed E-state index contributed by atoms with van der Waals surface area (Å²) in [6.45, 7) is 6.90. The van der Waals surface area contributed by atoms with Crippen LogP contribution in [0, 0.1) is 6.92 Å². The van der Waals surface area contributed by atoms with Gasteiger partial charge in [0.25, 0.3) is 0 Å². The molecule has 7 rings (SSSR count). The monoisotopic (exact) mass is 489 g/mol. The Morgan fingerprint density at radius 1 is 0.632 bits per heavy atom. The van der Waals surface area contributed by atoms with Gasteiger partial charge in [-0.3, -0.25) is 0 Å². The van der Waals surface area contributed by atoms with Crippen LogP contribution in [-0.2, 0) is 0 Å². The van der Waals surface area contributed by atoms with Crippen molar-refractivity contribution in [3.8, 4) is 16.8 Å². The van der Waals surface area contributed by atoms with E-state index >= 15 is 0 Å². The highest BCUT2D eigenvalue weighted by Crippen LogP contribution is 2.41. The Morgan fingerprint density at radius 2 is 1.29 bits per heavy atom. The fourth-order valence-electron chi connectivity index (χ4n) is 6.30. The maximum atomic E-state index is 2.46. The van der Waals surface area contributed by atoms with Crippen LogP contribution in [0.25, 0.3) is 60.2 Å². The number of hydrogen-bond acceptors (Lipinski definition) is 0. The fourth-order valence-corrected chi connectivity index (χ4v) is 6.30. The molecule has 1 nitrogen and oxygen atoms in total. The molecular weight excluding hydrogens is 458 g/mol. The first kappa shape index (κ1) is 22.8. The molecule has 6 aromatic carbocycles. The van der Waals surface area contributed by atoms with Crippen LogP contribution in [0.1, 0.15) is 37.3 Å². The molecule has 0 spiro atoms. The zero-order valence-electron chi connectivity index (χ0n) is 22.2. The molecule has 0 saturated heterocycles. The Kier molecular flexibility index (Phi) is 5.33. The first-order chi connectivity index (χ1) is 18.7. The number of nitrogens with zero attached hydrogens (tertiary/aromatic N) is 1. The molecule has 38 heavy (non-hydrogen) atoms. The Balaban J connectivity index is 1.55. The molecule has 1 heteroatoms. The zero-order chi connectivity index (χ0) is 25.8. The quantitative estimate of drug-likeness (QED) is 0.232. The van der Waals surface area contributed by atoms with E-state index in [1.807, 2.05) is 0 Å². The normalized spacial score (nSPS) is 12.6. The van der Waals surface area contributed by atoms with Crippen molar-refractivity contribution in [3.05, 3.63) is 126 Å². The first-order valence-corrected chi connectivity index (χ1v) is 13.7. The van der Waals surface area contributed by atoms with E-state index in [1.54, 1.807) is 0 Å². The van der Waals surface area contributed by atoms with Gasteiger partial charge in [0.15, 0.2) is 0 Å². The minimum absolute atomic E-state index is 0.442. The molecule has 0 N–H and O–H groups in total. The van der Waals surface area contributed by atoms with Crippen LogP contribution in [0.15, 0.2) is 115 Å². The number of para-hydroxylation sites is 1. The predicted molar refractivity (Wildman–Crippen MR) is 165 cm³/mol. The molecule has 0 fully saturated rings. The third kappa shape index (κ3) is 3.39. The summed E-state index contributed by atoms with van der Waals surface area (Å²) in [4.78, 5) is 0. The van der Waals surface area contributed by atoms with Gasteiger partial charge in [-0.1, -0.05) is 105 Å². The molecule has 0 aliphatic carbocycles. The molecule has 1 aromatic heterocycles. The smallest absolute Gasteiger partial charge is 0.0547 e. The van der Waals surface area contributed by atoms with Gasteiger partial charge in [-0.25, -0.2) is 0 Å². The Bertz CT molecular complexity index is 1990. The molecule has 0 aliphatic heterocycles. The highest BCUT2D eigenvalue weighted by atomic mass is 15.0. The highest BCUT2D eigenvalue weighted by Gasteiger charge is 2.19. The fraction of sp³-hybridized carbons (Fsp3) is 0.135. The SMILES string of the molecule is CCC(C)c1cc(-n2c3ccccc3c3c4ccccc4ccc32)ccc1-c1c(C)ccc2ccccc12. The first-order valence-electron chi connectivity index (χ1n) is 13.7. The van der Waals surface area contributed by atoms with Crippen molar-refractivity contribution in [3.63, 3.8) is 0 Å². The van der Waals surface area contributed by atoms with Gasteiger partial charge in [0.2, 0.25) is 0 Å². The topological polar surface area (TPSA) is 4.93 Å². The summed E-state index contributed by atoms with van der Waals surface area (Å²) in [5.74, 6) is 0.442. The van der Waals surface area contributed by atoms with Crippen LogP contribution < -0.4 is 0 Å². The summed E-state index contributed by atoms with van der Waals surface area (Å²) in [6.07, 6.45) is 1.10. The number of fused-ring (bicyclic) bond motifs is 6. The molecule has 1 atom stereocenters. The van der Waals surface area contributed by atoms with Gasteiger partial charge in [-0.15, -0.1) is 0 Å². The van der Waals surface area contributed by atoms with Crippen molar-refractivity contribution in [2.24, 2.45) is 0 Å².